The molecular formula is C16H15BrO4. The summed E-state index contributed by atoms with van der Waals surface area (Å²) in [5.41, 5.74) is 0.902. The van der Waals surface area contributed by atoms with Crippen molar-refractivity contribution in [2.24, 2.45) is 0 Å². The molecule has 0 bridgehead atoms. The fraction of sp³-hybridized carbons (Fsp3) is 0.188. The number of carbonyl (C=O) groups is 1. The van der Waals surface area contributed by atoms with Crippen LogP contribution >= 0.6 is 15.9 Å². The molecule has 0 aliphatic rings. The van der Waals surface area contributed by atoms with Crippen molar-refractivity contribution >= 4 is 21.9 Å². The molecule has 2 aromatic carbocycles. The van der Waals surface area contributed by atoms with Crippen molar-refractivity contribution in [3.05, 3.63) is 58.6 Å². The van der Waals surface area contributed by atoms with Crippen molar-refractivity contribution in [2.45, 2.75) is 12.5 Å². The number of carboxylic acid groups (broad SMARTS) is 1. The molecule has 2 rings (SSSR count). The molecule has 1 atom stereocenters. The lowest BCUT2D eigenvalue weighted by molar-refractivity contribution is -0.145. The first-order valence-corrected chi connectivity index (χ1v) is 7.16. The fourth-order valence-corrected chi connectivity index (χ4v) is 2.10. The van der Waals surface area contributed by atoms with Crippen molar-refractivity contribution in [2.75, 3.05) is 7.11 Å². The molecule has 4 nitrogen and oxygen atoms in total. The van der Waals surface area contributed by atoms with Gasteiger partial charge in [-0.2, -0.15) is 0 Å². The molecule has 0 aliphatic carbocycles. The Morgan fingerprint density at radius 1 is 1.10 bits per heavy atom. The average molecular weight is 351 g/mol. The second-order valence-corrected chi connectivity index (χ2v) is 5.37. The molecule has 5 heteroatoms. The van der Waals surface area contributed by atoms with Crippen LogP contribution in [-0.2, 0) is 11.2 Å². The van der Waals surface area contributed by atoms with Crippen LogP contribution in [0.4, 0.5) is 0 Å². The Morgan fingerprint density at radius 2 is 1.67 bits per heavy atom. The van der Waals surface area contributed by atoms with E-state index in [2.05, 4.69) is 15.9 Å². The van der Waals surface area contributed by atoms with Crippen LogP contribution in [0.2, 0.25) is 0 Å². The summed E-state index contributed by atoms with van der Waals surface area (Å²) in [4.78, 5) is 11.3. The van der Waals surface area contributed by atoms with Crippen LogP contribution in [-0.4, -0.2) is 24.3 Å². The van der Waals surface area contributed by atoms with Gasteiger partial charge in [-0.15, -0.1) is 0 Å². The number of rotatable bonds is 6. The summed E-state index contributed by atoms with van der Waals surface area (Å²) in [6.07, 6.45) is -0.631. The number of carboxylic acids is 1. The minimum Gasteiger partial charge on any atom is -0.497 e. The Hall–Kier alpha value is -2.01. The first-order valence-electron chi connectivity index (χ1n) is 6.36. The van der Waals surface area contributed by atoms with Gasteiger partial charge in [-0.3, -0.25) is 0 Å². The number of halogens is 1. The number of ether oxygens (including phenoxy) is 2. The minimum absolute atomic E-state index is 0.300. The Labute approximate surface area is 131 Å². The van der Waals surface area contributed by atoms with E-state index < -0.39 is 12.1 Å². The molecular weight excluding hydrogens is 336 g/mol. The van der Waals surface area contributed by atoms with Gasteiger partial charge in [-0.1, -0.05) is 28.1 Å². The Kier molecular flexibility index (Phi) is 5.22. The molecule has 0 saturated carbocycles. The maximum Gasteiger partial charge on any atom is 0.345 e. The van der Waals surface area contributed by atoms with Crippen LogP contribution in [0, 0.1) is 0 Å². The number of aliphatic carboxylic acids is 1. The Morgan fingerprint density at radius 3 is 2.19 bits per heavy atom. The van der Waals surface area contributed by atoms with Crippen molar-refractivity contribution in [1.29, 1.82) is 0 Å². The van der Waals surface area contributed by atoms with Crippen LogP contribution in [0.15, 0.2) is 53.0 Å². The number of methoxy groups -OCH3 is 1. The van der Waals surface area contributed by atoms with Gasteiger partial charge in [-0.05, 0) is 42.0 Å². The van der Waals surface area contributed by atoms with Crippen molar-refractivity contribution in [3.8, 4) is 11.5 Å². The molecule has 0 heterocycles. The zero-order valence-corrected chi connectivity index (χ0v) is 13.0. The predicted molar refractivity (Wildman–Crippen MR) is 82.9 cm³/mol. The minimum atomic E-state index is -0.992. The summed E-state index contributed by atoms with van der Waals surface area (Å²) >= 11 is 3.35. The molecule has 21 heavy (non-hydrogen) atoms. The quantitative estimate of drug-likeness (QED) is 0.865. The molecule has 0 fully saturated rings. The highest BCUT2D eigenvalue weighted by molar-refractivity contribution is 9.10. The molecule has 110 valence electrons. The van der Waals surface area contributed by atoms with E-state index in [1.807, 2.05) is 24.3 Å². The van der Waals surface area contributed by atoms with Crippen LogP contribution in [0.25, 0.3) is 0 Å². The van der Waals surface area contributed by atoms with Crippen LogP contribution in [0.5, 0.6) is 11.5 Å². The smallest absolute Gasteiger partial charge is 0.345 e. The Bertz CT molecular complexity index is 593. The summed E-state index contributed by atoms with van der Waals surface area (Å²) in [5.74, 6) is 0.205. The summed E-state index contributed by atoms with van der Waals surface area (Å²) in [6.45, 7) is 0. The SMILES string of the molecule is COc1ccc(O[C@H](Cc2ccc(Br)cc2)C(=O)O)cc1. The zero-order chi connectivity index (χ0) is 15.2. The molecule has 0 spiro atoms. The van der Waals surface area contributed by atoms with E-state index in [-0.39, 0.29) is 0 Å². The molecule has 1 N–H and O–H groups in total. The van der Waals surface area contributed by atoms with E-state index >= 15 is 0 Å². The molecule has 0 amide bonds. The third-order valence-electron chi connectivity index (χ3n) is 2.95. The van der Waals surface area contributed by atoms with Gasteiger partial charge in [0.1, 0.15) is 11.5 Å². The highest BCUT2D eigenvalue weighted by atomic mass is 79.9. The predicted octanol–water partition coefficient (Wildman–Crippen LogP) is 3.53. The fourth-order valence-electron chi connectivity index (χ4n) is 1.83. The lowest BCUT2D eigenvalue weighted by Crippen LogP contribution is -2.29. The van der Waals surface area contributed by atoms with Gasteiger partial charge >= 0.3 is 5.97 Å². The number of hydrogen-bond donors (Lipinski definition) is 1. The van der Waals surface area contributed by atoms with Crippen molar-refractivity contribution < 1.29 is 19.4 Å². The number of benzene rings is 2. The molecule has 0 aliphatic heterocycles. The largest absolute Gasteiger partial charge is 0.497 e. The third-order valence-corrected chi connectivity index (χ3v) is 3.48. The van der Waals surface area contributed by atoms with Gasteiger partial charge in [0, 0.05) is 10.9 Å². The standard InChI is InChI=1S/C16H15BrO4/c1-20-13-6-8-14(9-7-13)21-15(16(18)19)10-11-2-4-12(17)5-3-11/h2-9,15H,10H2,1H3,(H,18,19)/t15-/m1/s1. The lowest BCUT2D eigenvalue weighted by Gasteiger charge is -2.15. The maximum absolute atomic E-state index is 11.3. The summed E-state index contributed by atoms with van der Waals surface area (Å²) in [5, 5.41) is 9.29. The van der Waals surface area contributed by atoms with Gasteiger partial charge in [0.05, 0.1) is 7.11 Å². The van der Waals surface area contributed by atoms with Crippen LogP contribution in [0.1, 0.15) is 5.56 Å². The highest BCUT2D eigenvalue weighted by Crippen LogP contribution is 2.20. The summed E-state index contributed by atoms with van der Waals surface area (Å²) < 4.78 is 11.5. The molecule has 0 aromatic heterocycles. The van der Waals surface area contributed by atoms with Crippen LogP contribution < -0.4 is 9.47 Å². The second-order valence-electron chi connectivity index (χ2n) is 4.45. The summed E-state index contributed by atoms with van der Waals surface area (Å²) in [7, 11) is 1.57. The first-order chi connectivity index (χ1) is 10.1. The third kappa shape index (κ3) is 4.49. The van der Waals surface area contributed by atoms with E-state index in [0.29, 0.717) is 17.9 Å². The van der Waals surface area contributed by atoms with Crippen molar-refractivity contribution in [1.82, 2.24) is 0 Å². The second kappa shape index (κ2) is 7.13. The number of hydrogen-bond acceptors (Lipinski definition) is 3. The molecule has 0 unspecified atom stereocenters. The monoisotopic (exact) mass is 350 g/mol. The topological polar surface area (TPSA) is 55.8 Å². The van der Waals surface area contributed by atoms with Gasteiger partial charge in [-0.25, -0.2) is 4.79 Å². The van der Waals surface area contributed by atoms with E-state index in [9.17, 15) is 9.90 Å². The van der Waals surface area contributed by atoms with Crippen LogP contribution in [0.3, 0.4) is 0 Å². The molecule has 2 aromatic rings. The van der Waals surface area contributed by atoms with Gasteiger partial charge < -0.3 is 14.6 Å². The van der Waals surface area contributed by atoms with E-state index in [0.717, 1.165) is 10.0 Å². The van der Waals surface area contributed by atoms with E-state index in [1.54, 1.807) is 31.4 Å². The Balaban J connectivity index is 2.07. The van der Waals surface area contributed by atoms with Gasteiger partial charge in [0.2, 0.25) is 0 Å². The normalized spacial score (nSPS) is 11.7. The maximum atomic E-state index is 11.3. The highest BCUT2D eigenvalue weighted by Gasteiger charge is 2.20. The van der Waals surface area contributed by atoms with Crippen molar-refractivity contribution in [3.63, 3.8) is 0 Å². The first kappa shape index (κ1) is 15.4. The van der Waals surface area contributed by atoms with E-state index in [1.165, 1.54) is 0 Å². The van der Waals surface area contributed by atoms with Gasteiger partial charge in [0.25, 0.3) is 0 Å². The molecule has 0 radical (unpaired) electrons. The summed E-state index contributed by atoms with van der Waals surface area (Å²) in [6, 6.07) is 14.3. The molecule has 0 saturated heterocycles. The zero-order valence-electron chi connectivity index (χ0n) is 11.5. The lowest BCUT2D eigenvalue weighted by atomic mass is 10.1. The van der Waals surface area contributed by atoms with E-state index in [4.69, 9.17) is 9.47 Å². The average Bonchev–Trinajstić information content (AvgIpc) is 2.49. The van der Waals surface area contributed by atoms with Gasteiger partial charge in [0.15, 0.2) is 6.10 Å².